The molecule has 0 aromatic carbocycles. The molecule has 0 aromatic heterocycles. The van der Waals surface area contributed by atoms with Crippen LogP contribution in [0.5, 0.6) is 0 Å². The third-order valence-corrected chi connectivity index (χ3v) is 3.20. The van der Waals surface area contributed by atoms with E-state index in [0.29, 0.717) is 0 Å². The number of aliphatic hydroxyl groups is 1. The predicted octanol–water partition coefficient (Wildman–Crippen LogP) is 1.56. The fraction of sp³-hybridized carbons (Fsp3) is 0.692. The summed E-state index contributed by atoms with van der Waals surface area (Å²) >= 11 is 0. The number of allylic oxidation sites excluding steroid dienone is 1. The fourth-order valence-electron chi connectivity index (χ4n) is 1.91. The van der Waals surface area contributed by atoms with Gasteiger partial charge in [0.1, 0.15) is 6.61 Å². The molecule has 1 aliphatic rings. The van der Waals surface area contributed by atoms with Crippen molar-refractivity contribution in [1.82, 2.24) is 4.90 Å². The zero-order chi connectivity index (χ0) is 13.9. The number of hydrogen-bond donors (Lipinski definition) is 1. The molecule has 1 aliphatic heterocycles. The summed E-state index contributed by atoms with van der Waals surface area (Å²) in [7, 11) is 0. The number of hydrogen-bond acceptors (Lipinski definition) is 4. The Labute approximate surface area is 107 Å². The molecule has 5 nitrogen and oxygen atoms in total. The Balaban J connectivity index is 2.84. The normalized spacial score (nSPS) is 23.6. The first-order valence-electron chi connectivity index (χ1n) is 6.20. The van der Waals surface area contributed by atoms with Gasteiger partial charge in [-0.1, -0.05) is 32.9 Å². The van der Waals surface area contributed by atoms with Gasteiger partial charge in [0.2, 0.25) is 5.91 Å². The van der Waals surface area contributed by atoms with Crippen LogP contribution in [0.2, 0.25) is 0 Å². The van der Waals surface area contributed by atoms with Crippen LogP contribution in [0, 0.1) is 11.8 Å². The van der Waals surface area contributed by atoms with E-state index in [1.165, 1.54) is 6.08 Å². The zero-order valence-electron chi connectivity index (χ0n) is 11.3. The van der Waals surface area contributed by atoms with E-state index in [9.17, 15) is 14.7 Å². The Kier molecular flexibility index (Phi) is 4.90. The number of rotatable bonds is 4. The van der Waals surface area contributed by atoms with Crippen molar-refractivity contribution in [3.8, 4) is 0 Å². The van der Waals surface area contributed by atoms with Crippen molar-refractivity contribution in [3.05, 3.63) is 12.2 Å². The van der Waals surface area contributed by atoms with Gasteiger partial charge in [-0.2, -0.15) is 0 Å². The van der Waals surface area contributed by atoms with E-state index in [4.69, 9.17) is 4.74 Å². The van der Waals surface area contributed by atoms with E-state index in [-0.39, 0.29) is 24.5 Å². The second-order valence-electron chi connectivity index (χ2n) is 4.90. The van der Waals surface area contributed by atoms with Crippen LogP contribution in [-0.4, -0.2) is 40.8 Å². The van der Waals surface area contributed by atoms with Crippen molar-refractivity contribution >= 4 is 12.0 Å². The lowest BCUT2D eigenvalue weighted by atomic mass is 9.99. The van der Waals surface area contributed by atoms with Gasteiger partial charge in [0, 0.05) is 0 Å². The minimum absolute atomic E-state index is 0.131. The smallest absolute Gasteiger partial charge is 0.416 e. The molecule has 0 bridgehead atoms. The lowest BCUT2D eigenvalue weighted by Gasteiger charge is -2.26. The number of cyclic esters (lactones) is 1. The van der Waals surface area contributed by atoms with E-state index in [1.807, 2.05) is 13.8 Å². The molecule has 0 radical (unpaired) electrons. The number of carbonyl (C=O) groups is 2. The maximum Gasteiger partial charge on any atom is 0.416 e. The molecular formula is C13H21NO4. The second-order valence-corrected chi connectivity index (χ2v) is 4.90. The molecule has 0 aliphatic carbocycles. The van der Waals surface area contributed by atoms with Gasteiger partial charge in [0.15, 0.2) is 0 Å². The minimum Gasteiger partial charge on any atom is -0.447 e. The first-order chi connectivity index (χ1) is 8.40. The standard InChI is InChI=1S/C13H21NO4/c1-5-6-11(15)9(4)12(16)14-10(8(2)3)7-18-13(14)17/h5-6,8-11,15H,7H2,1-4H3/b6-5+/t9-,10+,11+/m0/s1. The Morgan fingerprint density at radius 2 is 2.11 bits per heavy atom. The molecule has 0 aromatic rings. The lowest BCUT2D eigenvalue weighted by Crippen LogP contribution is -2.46. The third kappa shape index (κ3) is 2.90. The maximum atomic E-state index is 12.2. The number of amides is 2. The van der Waals surface area contributed by atoms with Crippen molar-refractivity contribution in [3.63, 3.8) is 0 Å². The Hall–Kier alpha value is -1.36. The molecule has 2 amide bonds. The SMILES string of the molecule is C/C=C/[C@@H](O)[C@H](C)C(=O)N1C(=O)OC[C@@H]1C(C)C. The average Bonchev–Trinajstić information content (AvgIpc) is 2.69. The van der Waals surface area contributed by atoms with Crippen LogP contribution in [0.1, 0.15) is 27.7 Å². The minimum atomic E-state index is -0.885. The highest BCUT2D eigenvalue weighted by atomic mass is 16.6. The van der Waals surface area contributed by atoms with Crippen LogP contribution < -0.4 is 0 Å². The van der Waals surface area contributed by atoms with Crippen LogP contribution in [0.3, 0.4) is 0 Å². The van der Waals surface area contributed by atoms with Crippen molar-refractivity contribution in [2.45, 2.75) is 39.8 Å². The molecule has 18 heavy (non-hydrogen) atoms. The van der Waals surface area contributed by atoms with Crippen LogP contribution in [-0.2, 0) is 9.53 Å². The highest BCUT2D eigenvalue weighted by Gasteiger charge is 2.42. The molecule has 102 valence electrons. The van der Waals surface area contributed by atoms with Gasteiger partial charge in [0.05, 0.1) is 18.1 Å². The van der Waals surface area contributed by atoms with E-state index < -0.39 is 18.1 Å². The number of carbonyl (C=O) groups excluding carboxylic acids is 2. The molecule has 0 saturated carbocycles. The molecule has 1 rings (SSSR count). The lowest BCUT2D eigenvalue weighted by molar-refractivity contribution is -0.136. The first kappa shape index (κ1) is 14.7. The number of aliphatic hydroxyl groups excluding tert-OH is 1. The Morgan fingerprint density at radius 3 is 2.61 bits per heavy atom. The number of ether oxygens (including phenoxy) is 1. The van der Waals surface area contributed by atoms with E-state index in [1.54, 1.807) is 19.9 Å². The molecule has 1 saturated heterocycles. The van der Waals surface area contributed by atoms with E-state index in [2.05, 4.69) is 0 Å². The molecule has 1 heterocycles. The highest BCUT2D eigenvalue weighted by Crippen LogP contribution is 2.23. The predicted molar refractivity (Wildman–Crippen MR) is 66.8 cm³/mol. The molecule has 0 spiro atoms. The molecule has 0 unspecified atom stereocenters. The monoisotopic (exact) mass is 255 g/mol. The molecule has 1 fully saturated rings. The van der Waals surface area contributed by atoms with Crippen molar-refractivity contribution in [1.29, 1.82) is 0 Å². The molecular weight excluding hydrogens is 234 g/mol. The third-order valence-electron chi connectivity index (χ3n) is 3.20. The van der Waals surface area contributed by atoms with Crippen molar-refractivity contribution in [2.24, 2.45) is 11.8 Å². The maximum absolute atomic E-state index is 12.2. The topological polar surface area (TPSA) is 66.8 Å². The summed E-state index contributed by atoms with van der Waals surface area (Å²) in [5.41, 5.74) is 0. The summed E-state index contributed by atoms with van der Waals surface area (Å²) in [6.45, 7) is 7.46. The second kappa shape index (κ2) is 6.00. The Bertz CT molecular complexity index is 351. The first-order valence-corrected chi connectivity index (χ1v) is 6.20. The number of imide groups is 1. The molecule has 3 atom stereocenters. The highest BCUT2D eigenvalue weighted by molar-refractivity contribution is 5.95. The van der Waals surface area contributed by atoms with E-state index >= 15 is 0 Å². The quantitative estimate of drug-likeness (QED) is 0.774. The van der Waals surface area contributed by atoms with Gasteiger partial charge in [-0.05, 0) is 12.8 Å². The number of nitrogens with zero attached hydrogens (tertiary/aromatic N) is 1. The molecule has 5 heteroatoms. The Morgan fingerprint density at radius 1 is 1.50 bits per heavy atom. The average molecular weight is 255 g/mol. The largest absolute Gasteiger partial charge is 0.447 e. The summed E-state index contributed by atoms with van der Waals surface area (Å²) in [6.07, 6.45) is 1.72. The van der Waals surface area contributed by atoms with Gasteiger partial charge < -0.3 is 9.84 Å². The van der Waals surface area contributed by atoms with Gasteiger partial charge in [-0.15, -0.1) is 0 Å². The van der Waals surface area contributed by atoms with Gasteiger partial charge in [0.25, 0.3) is 0 Å². The van der Waals surface area contributed by atoms with Crippen molar-refractivity contribution < 1.29 is 19.4 Å². The molecule has 1 N–H and O–H groups in total. The summed E-state index contributed by atoms with van der Waals surface area (Å²) < 4.78 is 4.92. The van der Waals surface area contributed by atoms with Crippen LogP contribution in [0.4, 0.5) is 4.79 Å². The van der Waals surface area contributed by atoms with Crippen molar-refractivity contribution in [2.75, 3.05) is 6.61 Å². The summed E-state index contributed by atoms with van der Waals surface area (Å²) in [5.74, 6) is -0.915. The fourth-order valence-corrected chi connectivity index (χ4v) is 1.91. The van der Waals surface area contributed by atoms with Crippen LogP contribution in [0.25, 0.3) is 0 Å². The summed E-state index contributed by atoms with van der Waals surface area (Å²) in [4.78, 5) is 25.0. The van der Waals surface area contributed by atoms with E-state index in [0.717, 1.165) is 4.90 Å². The van der Waals surface area contributed by atoms with Gasteiger partial charge >= 0.3 is 6.09 Å². The van der Waals surface area contributed by atoms with Gasteiger partial charge in [-0.3, -0.25) is 4.79 Å². The van der Waals surface area contributed by atoms with Crippen LogP contribution in [0.15, 0.2) is 12.2 Å². The zero-order valence-corrected chi connectivity index (χ0v) is 11.3. The van der Waals surface area contributed by atoms with Crippen LogP contribution >= 0.6 is 0 Å². The summed E-state index contributed by atoms with van der Waals surface area (Å²) in [6, 6.07) is -0.245. The van der Waals surface area contributed by atoms with Gasteiger partial charge in [-0.25, -0.2) is 9.69 Å². The summed E-state index contributed by atoms with van der Waals surface area (Å²) in [5, 5.41) is 9.77.